The van der Waals surface area contributed by atoms with Gasteiger partial charge in [-0.25, -0.2) is 9.37 Å². The van der Waals surface area contributed by atoms with Gasteiger partial charge in [0.25, 0.3) is 0 Å². The van der Waals surface area contributed by atoms with Gasteiger partial charge in [-0.05, 0) is 34.8 Å². The fourth-order valence-corrected chi connectivity index (χ4v) is 3.14. The third-order valence-corrected chi connectivity index (χ3v) is 4.94. The minimum absolute atomic E-state index is 0.0716. The molecule has 1 N–H and O–H groups in total. The van der Waals surface area contributed by atoms with Crippen LogP contribution in [0.15, 0.2) is 21.8 Å². The van der Waals surface area contributed by atoms with Gasteiger partial charge < -0.3 is 9.67 Å². The second-order valence-electron chi connectivity index (χ2n) is 5.19. The Hall–Kier alpha value is -1.08. The number of carboxylic acid groups (broad SMARTS) is 1. The number of imidazole rings is 1. The monoisotopic (exact) mass is 374 g/mol. The lowest BCUT2D eigenvalue weighted by atomic mass is 10.1. The summed E-state index contributed by atoms with van der Waals surface area (Å²) in [4.78, 5) is 15.2. The maximum absolute atomic E-state index is 13.8. The Morgan fingerprint density at radius 1 is 1.48 bits per heavy atom. The number of rotatable bonds is 5. The lowest BCUT2D eigenvalue weighted by Crippen LogP contribution is -2.13. The summed E-state index contributed by atoms with van der Waals surface area (Å²) in [5.74, 6) is -1.01. The molecule has 1 atom stereocenters. The number of aromatic nitrogens is 2. The molecule has 0 radical (unpaired) electrons. The van der Waals surface area contributed by atoms with E-state index in [1.54, 1.807) is 6.07 Å². The lowest BCUT2D eigenvalue weighted by molar-refractivity contribution is -0.133. The first-order valence-electron chi connectivity index (χ1n) is 6.52. The summed E-state index contributed by atoms with van der Waals surface area (Å²) in [5, 5.41) is 9.45. The molecule has 0 spiro atoms. The zero-order valence-electron chi connectivity index (χ0n) is 11.9. The van der Waals surface area contributed by atoms with Crippen molar-refractivity contribution in [2.75, 3.05) is 5.75 Å². The standard InChI is InChI=1S/C14H16BrFN2O2S/c1-7(2)8(3)18-12-5-10(16)9(15)4-11(12)17-14(18)21-6-13(19)20/h4-5,7-8H,6H2,1-3H3,(H,19,20). The van der Waals surface area contributed by atoms with Gasteiger partial charge in [0.15, 0.2) is 5.16 Å². The minimum atomic E-state index is -0.900. The minimum Gasteiger partial charge on any atom is -0.481 e. The van der Waals surface area contributed by atoms with E-state index in [9.17, 15) is 9.18 Å². The third-order valence-electron chi connectivity index (χ3n) is 3.40. The van der Waals surface area contributed by atoms with Crippen LogP contribution in [0, 0.1) is 11.7 Å². The molecule has 1 unspecified atom stereocenters. The SMILES string of the molecule is CC(C)C(C)n1c(SCC(=O)O)nc2cc(Br)c(F)cc21. The van der Waals surface area contributed by atoms with Gasteiger partial charge >= 0.3 is 5.97 Å². The molecule has 1 heterocycles. The first-order chi connectivity index (χ1) is 9.81. The van der Waals surface area contributed by atoms with Crippen LogP contribution in [0.4, 0.5) is 4.39 Å². The van der Waals surface area contributed by atoms with Crippen LogP contribution in [0.1, 0.15) is 26.8 Å². The van der Waals surface area contributed by atoms with E-state index in [2.05, 4.69) is 34.8 Å². The van der Waals surface area contributed by atoms with Crippen molar-refractivity contribution in [3.8, 4) is 0 Å². The quantitative estimate of drug-likeness (QED) is 0.791. The van der Waals surface area contributed by atoms with E-state index < -0.39 is 5.97 Å². The van der Waals surface area contributed by atoms with Crippen LogP contribution < -0.4 is 0 Å². The zero-order chi connectivity index (χ0) is 15.7. The van der Waals surface area contributed by atoms with Crippen LogP contribution >= 0.6 is 27.7 Å². The second kappa shape index (κ2) is 6.36. The maximum atomic E-state index is 13.8. The van der Waals surface area contributed by atoms with E-state index in [0.717, 1.165) is 11.8 Å². The Kier molecular flexibility index (Phi) is 4.93. The number of benzene rings is 1. The van der Waals surface area contributed by atoms with Gasteiger partial charge in [0.2, 0.25) is 0 Å². The molecule has 21 heavy (non-hydrogen) atoms. The number of carboxylic acids is 1. The fourth-order valence-electron chi connectivity index (χ4n) is 1.99. The number of nitrogens with zero attached hydrogens (tertiary/aromatic N) is 2. The highest BCUT2D eigenvalue weighted by atomic mass is 79.9. The number of thioether (sulfide) groups is 1. The predicted molar refractivity (Wildman–Crippen MR) is 85.3 cm³/mol. The van der Waals surface area contributed by atoms with Crippen LogP contribution in [0.25, 0.3) is 11.0 Å². The van der Waals surface area contributed by atoms with Gasteiger partial charge in [0, 0.05) is 12.1 Å². The molecule has 0 saturated carbocycles. The lowest BCUT2D eigenvalue weighted by Gasteiger charge is -2.20. The van der Waals surface area contributed by atoms with Crippen molar-refractivity contribution in [1.29, 1.82) is 0 Å². The maximum Gasteiger partial charge on any atom is 0.313 e. The zero-order valence-corrected chi connectivity index (χ0v) is 14.3. The predicted octanol–water partition coefficient (Wildman–Crippen LogP) is 4.33. The van der Waals surface area contributed by atoms with Gasteiger partial charge in [-0.1, -0.05) is 25.6 Å². The average molecular weight is 375 g/mol. The van der Waals surface area contributed by atoms with Crippen LogP contribution in [-0.2, 0) is 4.79 Å². The van der Waals surface area contributed by atoms with E-state index in [-0.39, 0.29) is 17.6 Å². The molecule has 0 amide bonds. The number of fused-ring (bicyclic) bond motifs is 1. The molecular weight excluding hydrogens is 359 g/mol. The summed E-state index contributed by atoms with van der Waals surface area (Å²) in [5.41, 5.74) is 1.34. The number of halogens is 2. The van der Waals surface area contributed by atoms with Crippen molar-refractivity contribution in [2.24, 2.45) is 5.92 Å². The third kappa shape index (κ3) is 3.40. The van der Waals surface area contributed by atoms with Crippen LogP contribution in [0.3, 0.4) is 0 Å². The largest absolute Gasteiger partial charge is 0.481 e. The molecular formula is C14H16BrFN2O2S. The Morgan fingerprint density at radius 3 is 2.71 bits per heavy atom. The van der Waals surface area contributed by atoms with Gasteiger partial charge in [0.1, 0.15) is 5.82 Å². The van der Waals surface area contributed by atoms with E-state index in [4.69, 9.17) is 5.11 Å². The first-order valence-corrected chi connectivity index (χ1v) is 8.30. The van der Waals surface area contributed by atoms with Crippen molar-refractivity contribution >= 4 is 44.7 Å². The molecule has 2 rings (SSSR count). The van der Waals surface area contributed by atoms with Gasteiger partial charge in [0.05, 0.1) is 21.3 Å². The van der Waals surface area contributed by atoms with Gasteiger partial charge in [-0.15, -0.1) is 0 Å². The number of aliphatic carboxylic acids is 1. The summed E-state index contributed by atoms with van der Waals surface area (Å²) >= 11 is 4.31. The van der Waals surface area contributed by atoms with E-state index >= 15 is 0 Å². The van der Waals surface area contributed by atoms with Crippen molar-refractivity contribution in [3.63, 3.8) is 0 Å². The first kappa shape index (κ1) is 16.3. The molecule has 1 aromatic heterocycles. The van der Waals surface area contributed by atoms with E-state index in [1.807, 2.05) is 11.5 Å². The molecule has 0 aliphatic carbocycles. The summed E-state index contributed by atoms with van der Waals surface area (Å²) in [7, 11) is 0. The van der Waals surface area contributed by atoms with E-state index in [1.165, 1.54) is 6.07 Å². The van der Waals surface area contributed by atoms with Crippen molar-refractivity contribution < 1.29 is 14.3 Å². The van der Waals surface area contributed by atoms with Gasteiger partial charge in [-0.2, -0.15) is 0 Å². The number of hydrogen-bond acceptors (Lipinski definition) is 3. The fraction of sp³-hybridized carbons (Fsp3) is 0.429. The molecule has 1 aromatic carbocycles. The summed E-state index contributed by atoms with van der Waals surface area (Å²) in [6.07, 6.45) is 0. The highest BCUT2D eigenvalue weighted by Crippen LogP contribution is 2.33. The van der Waals surface area contributed by atoms with Crippen LogP contribution in [0.2, 0.25) is 0 Å². The summed E-state index contributed by atoms with van der Waals surface area (Å²) < 4.78 is 16.1. The normalized spacial score (nSPS) is 13.0. The Bertz CT molecular complexity index is 687. The molecule has 0 bridgehead atoms. The highest BCUT2D eigenvalue weighted by Gasteiger charge is 2.20. The molecule has 114 valence electrons. The smallest absolute Gasteiger partial charge is 0.313 e. The van der Waals surface area contributed by atoms with Crippen molar-refractivity contribution in [3.05, 3.63) is 22.4 Å². The summed E-state index contributed by atoms with van der Waals surface area (Å²) in [6.45, 7) is 6.16. The molecule has 0 saturated heterocycles. The molecule has 7 heteroatoms. The molecule has 4 nitrogen and oxygen atoms in total. The topological polar surface area (TPSA) is 55.1 Å². The highest BCUT2D eigenvalue weighted by molar-refractivity contribution is 9.10. The van der Waals surface area contributed by atoms with Crippen molar-refractivity contribution in [1.82, 2.24) is 9.55 Å². The average Bonchev–Trinajstić information content (AvgIpc) is 2.73. The Labute approximate surface area is 134 Å². The molecule has 2 aromatic rings. The van der Waals surface area contributed by atoms with Crippen molar-refractivity contribution in [2.45, 2.75) is 32.0 Å². The summed E-state index contributed by atoms with van der Waals surface area (Å²) in [6, 6.07) is 3.15. The molecule has 0 fully saturated rings. The second-order valence-corrected chi connectivity index (χ2v) is 6.98. The Morgan fingerprint density at radius 2 is 2.14 bits per heavy atom. The van der Waals surface area contributed by atoms with Crippen LogP contribution in [-0.4, -0.2) is 26.4 Å². The van der Waals surface area contributed by atoms with Crippen LogP contribution in [0.5, 0.6) is 0 Å². The number of hydrogen-bond donors (Lipinski definition) is 1. The molecule has 0 aliphatic heterocycles. The number of carbonyl (C=O) groups is 1. The Balaban J connectivity index is 2.59. The van der Waals surface area contributed by atoms with Gasteiger partial charge in [-0.3, -0.25) is 4.79 Å². The van der Waals surface area contributed by atoms with E-state index in [0.29, 0.717) is 26.6 Å². The molecule has 0 aliphatic rings.